The van der Waals surface area contributed by atoms with Crippen LogP contribution in [0.2, 0.25) is 0 Å². The fraction of sp³-hybridized carbons (Fsp3) is 0.600. The topological polar surface area (TPSA) is 52.6 Å². The number of halogens is 2. The Balaban J connectivity index is 3.80. The van der Waals surface area contributed by atoms with E-state index in [-0.39, 0.29) is 12.5 Å². The summed E-state index contributed by atoms with van der Waals surface area (Å²) in [6.45, 7) is 4.01. The number of ether oxygens (including phenoxy) is 2. The van der Waals surface area contributed by atoms with Crippen LogP contribution in [0.4, 0.5) is 0 Å². The minimum Gasteiger partial charge on any atom is -0.462 e. The molecular formula is C10H14Cl2O4. The molecule has 0 saturated carbocycles. The molecule has 0 spiro atoms. The van der Waals surface area contributed by atoms with Gasteiger partial charge < -0.3 is 9.47 Å². The summed E-state index contributed by atoms with van der Waals surface area (Å²) in [6, 6.07) is 0. The highest BCUT2D eigenvalue weighted by molar-refractivity contribution is 6.44. The summed E-state index contributed by atoms with van der Waals surface area (Å²) >= 11 is 10.7. The molecule has 0 heterocycles. The van der Waals surface area contributed by atoms with E-state index in [4.69, 9.17) is 27.9 Å². The fourth-order valence-electron chi connectivity index (χ4n) is 0.626. The van der Waals surface area contributed by atoms with Gasteiger partial charge in [-0.3, -0.25) is 0 Å². The second-order valence-electron chi connectivity index (χ2n) is 3.38. The summed E-state index contributed by atoms with van der Waals surface area (Å²) < 4.78 is 9.38. The summed E-state index contributed by atoms with van der Waals surface area (Å²) in [4.78, 5) is 21.2. The summed E-state index contributed by atoms with van der Waals surface area (Å²) in [5.41, 5.74) is 0. The number of hydrogen-bond acceptors (Lipinski definition) is 4. The molecule has 6 heteroatoms. The molecule has 0 atom stereocenters. The lowest BCUT2D eigenvalue weighted by Gasteiger charge is -2.04. The van der Waals surface area contributed by atoms with E-state index >= 15 is 0 Å². The van der Waals surface area contributed by atoms with Crippen LogP contribution in [-0.4, -0.2) is 30.0 Å². The van der Waals surface area contributed by atoms with E-state index in [2.05, 4.69) is 4.74 Å². The van der Waals surface area contributed by atoms with Gasteiger partial charge in [0, 0.05) is 12.2 Å². The Morgan fingerprint density at radius 2 is 1.50 bits per heavy atom. The zero-order chi connectivity index (χ0) is 12.6. The average Bonchev–Trinajstić information content (AvgIpc) is 2.20. The molecule has 0 amide bonds. The number of carbonyl (C=O) groups is 2. The Labute approximate surface area is 104 Å². The van der Waals surface area contributed by atoms with E-state index in [1.54, 1.807) is 0 Å². The number of rotatable bonds is 6. The maximum Gasteiger partial charge on any atom is 0.331 e. The Bertz CT molecular complexity index is 236. The van der Waals surface area contributed by atoms with Crippen molar-refractivity contribution in [1.82, 2.24) is 0 Å². The molecule has 0 radical (unpaired) electrons. The molecule has 16 heavy (non-hydrogen) atoms. The van der Waals surface area contributed by atoms with Gasteiger partial charge in [0.2, 0.25) is 0 Å². The van der Waals surface area contributed by atoms with Gasteiger partial charge in [0.25, 0.3) is 0 Å². The summed E-state index contributed by atoms with van der Waals surface area (Å²) in [5, 5.41) is 0. The van der Waals surface area contributed by atoms with E-state index in [0.717, 1.165) is 12.2 Å². The molecular weight excluding hydrogens is 255 g/mol. The van der Waals surface area contributed by atoms with E-state index in [9.17, 15) is 9.59 Å². The molecule has 0 rings (SSSR count). The first kappa shape index (κ1) is 15.3. The van der Waals surface area contributed by atoms with Crippen LogP contribution in [-0.2, 0) is 19.1 Å². The number of esters is 2. The normalized spacial score (nSPS) is 11.1. The van der Waals surface area contributed by atoms with Gasteiger partial charge in [-0.25, -0.2) is 9.59 Å². The van der Waals surface area contributed by atoms with Gasteiger partial charge in [-0.1, -0.05) is 13.8 Å². The molecule has 0 aliphatic heterocycles. The van der Waals surface area contributed by atoms with E-state index in [0.29, 0.717) is 6.61 Å². The van der Waals surface area contributed by atoms with Crippen molar-refractivity contribution in [2.75, 3.05) is 13.2 Å². The number of alkyl halides is 2. The van der Waals surface area contributed by atoms with Crippen molar-refractivity contribution >= 4 is 35.1 Å². The molecule has 0 aromatic heterocycles. The molecule has 0 bridgehead atoms. The third kappa shape index (κ3) is 9.80. The zero-order valence-corrected chi connectivity index (χ0v) is 10.6. The average molecular weight is 269 g/mol. The van der Waals surface area contributed by atoms with Gasteiger partial charge in [-0.05, 0) is 5.92 Å². The molecule has 0 unspecified atom stereocenters. The third-order valence-electron chi connectivity index (χ3n) is 1.27. The van der Waals surface area contributed by atoms with Gasteiger partial charge >= 0.3 is 11.9 Å². The monoisotopic (exact) mass is 268 g/mol. The maximum atomic E-state index is 11.0. The van der Waals surface area contributed by atoms with Crippen molar-refractivity contribution in [1.29, 1.82) is 0 Å². The van der Waals surface area contributed by atoms with Crippen molar-refractivity contribution in [2.24, 2.45) is 5.92 Å². The Morgan fingerprint density at radius 1 is 1.06 bits per heavy atom. The molecule has 92 valence electrons. The van der Waals surface area contributed by atoms with Gasteiger partial charge in [0.15, 0.2) is 0 Å². The van der Waals surface area contributed by atoms with Crippen LogP contribution in [0.5, 0.6) is 0 Å². The molecule has 0 aromatic rings. The first-order chi connectivity index (χ1) is 7.41. The lowest BCUT2D eigenvalue weighted by Crippen LogP contribution is -2.10. The van der Waals surface area contributed by atoms with Crippen LogP contribution in [0.15, 0.2) is 12.2 Å². The lowest BCUT2D eigenvalue weighted by atomic mass is 10.2. The van der Waals surface area contributed by atoms with Crippen molar-refractivity contribution in [3.05, 3.63) is 12.2 Å². The smallest absolute Gasteiger partial charge is 0.331 e. The van der Waals surface area contributed by atoms with Crippen molar-refractivity contribution in [3.63, 3.8) is 0 Å². The van der Waals surface area contributed by atoms with Crippen LogP contribution >= 0.6 is 23.2 Å². The first-order valence-electron chi connectivity index (χ1n) is 4.71. The molecule has 0 N–H and O–H groups in total. The zero-order valence-electron chi connectivity index (χ0n) is 9.11. The van der Waals surface area contributed by atoms with E-state index < -0.39 is 16.8 Å². The van der Waals surface area contributed by atoms with Gasteiger partial charge in [-0.2, -0.15) is 0 Å². The fourth-order valence-corrected chi connectivity index (χ4v) is 0.752. The summed E-state index contributed by atoms with van der Waals surface area (Å²) in [6.07, 6.45) is 1.97. The Morgan fingerprint density at radius 3 is 1.88 bits per heavy atom. The van der Waals surface area contributed by atoms with Gasteiger partial charge in [0.05, 0.1) is 6.61 Å². The highest BCUT2D eigenvalue weighted by atomic mass is 35.5. The van der Waals surface area contributed by atoms with Crippen molar-refractivity contribution < 1.29 is 19.1 Å². The highest BCUT2D eigenvalue weighted by Gasteiger charge is 2.04. The second kappa shape index (κ2) is 8.42. The number of hydrogen-bond donors (Lipinski definition) is 0. The maximum absolute atomic E-state index is 11.0. The van der Waals surface area contributed by atoms with E-state index in [1.165, 1.54) is 0 Å². The molecule has 0 aromatic carbocycles. The van der Waals surface area contributed by atoms with Crippen molar-refractivity contribution in [3.8, 4) is 0 Å². The second-order valence-corrected chi connectivity index (χ2v) is 4.66. The predicted molar refractivity (Wildman–Crippen MR) is 61.4 cm³/mol. The minimum atomic E-state index is -0.773. The molecule has 0 fully saturated rings. The summed E-state index contributed by atoms with van der Waals surface area (Å²) in [5.74, 6) is -1.02. The quantitative estimate of drug-likeness (QED) is 0.421. The highest BCUT2D eigenvalue weighted by Crippen LogP contribution is 2.01. The standard InChI is InChI=1S/C10H14Cl2O4/c1-7(2)5-15-9(13)3-4-10(14)16-6-8(11)12/h3-4,7-8H,5-6H2,1-2H3/b4-3+. The van der Waals surface area contributed by atoms with Crippen LogP contribution in [0, 0.1) is 5.92 Å². The van der Waals surface area contributed by atoms with Crippen LogP contribution in [0.25, 0.3) is 0 Å². The Hall–Kier alpha value is -0.740. The van der Waals surface area contributed by atoms with E-state index in [1.807, 2.05) is 13.8 Å². The largest absolute Gasteiger partial charge is 0.462 e. The van der Waals surface area contributed by atoms with Crippen LogP contribution in [0.3, 0.4) is 0 Å². The van der Waals surface area contributed by atoms with Gasteiger partial charge in [-0.15, -0.1) is 23.2 Å². The third-order valence-corrected chi connectivity index (χ3v) is 1.52. The SMILES string of the molecule is CC(C)COC(=O)/C=C/C(=O)OCC(Cl)Cl. The Kier molecular flexibility index (Phi) is 8.03. The molecule has 0 aliphatic rings. The minimum absolute atomic E-state index is 0.118. The number of carbonyl (C=O) groups excluding carboxylic acids is 2. The van der Waals surface area contributed by atoms with Crippen LogP contribution < -0.4 is 0 Å². The molecule has 4 nitrogen and oxygen atoms in total. The van der Waals surface area contributed by atoms with Crippen molar-refractivity contribution in [2.45, 2.75) is 18.7 Å². The predicted octanol–water partition coefficient (Wildman–Crippen LogP) is 2.09. The summed E-state index contributed by atoms with van der Waals surface area (Å²) in [7, 11) is 0. The first-order valence-corrected chi connectivity index (χ1v) is 5.59. The van der Waals surface area contributed by atoms with Crippen LogP contribution in [0.1, 0.15) is 13.8 Å². The van der Waals surface area contributed by atoms with Gasteiger partial charge in [0.1, 0.15) is 11.4 Å². The molecule has 0 saturated heterocycles. The molecule has 0 aliphatic carbocycles. The lowest BCUT2D eigenvalue weighted by molar-refractivity contribution is -0.140.